The number of hydrogen-bond donors (Lipinski definition) is 1. The van der Waals surface area contributed by atoms with Gasteiger partial charge in [0.05, 0.1) is 0 Å². The van der Waals surface area contributed by atoms with Gasteiger partial charge in [0, 0.05) is 25.7 Å². The van der Waals surface area contributed by atoms with Gasteiger partial charge in [-0.1, -0.05) is 12.8 Å². The molecule has 0 bridgehead atoms. The van der Waals surface area contributed by atoms with Crippen LogP contribution in [0, 0.1) is 11.8 Å². The van der Waals surface area contributed by atoms with Crippen LogP contribution < -0.4 is 0 Å². The Balaban J connectivity index is 1.69. The van der Waals surface area contributed by atoms with E-state index in [1.54, 1.807) is 4.90 Å². The number of rotatable bonds is 3. The predicted molar refractivity (Wildman–Crippen MR) is 76.8 cm³/mol. The molecule has 3 rings (SSSR count). The number of nitrogens with zero attached hydrogens (tertiary/aromatic N) is 1. The van der Waals surface area contributed by atoms with Crippen LogP contribution in [0.1, 0.15) is 51.4 Å². The first kappa shape index (κ1) is 14.8. The summed E-state index contributed by atoms with van der Waals surface area (Å²) in [6, 6.07) is -0.419. The molecule has 0 unspecified atom stereocenters. The minimum atomic E-state index is -0.829. The van der Waals surface area contributed by atoms with Crippen LogP contribution in [0.4, 0.5) is 0 Å². The third kappa shape index (κ3) is 3.07. The molecule has 2 aliphatic heterocycles. The fourth-order valence-corrected chi connectivity index (χ4v) is 4.34. The highest BCUT2D eigenvalue weighted by molar-refractivity contribution is 5.85. The lowest BCUT2D eigenvalue weighted by molar-refractivity contribution is -0.150. The predicted octanol–water partition coefficient (Wildman–Crippen LogP) is 2.05. The van der Waals surface area contributed by atoms with Crippen LogP contribution >= 0.6 is 0 Å². The van der Waals surface area contributed by atoms with E-state index in [0.717, 1.165) is 45.3 Å². The highest BCUT2D eigenvalue weighted by atomic mass is 16.5. The zero-order valence-corrected chi connectivity index (χ0v) is 12.5. The number of aliphatic carboxylic acids is 1. The lowest BCUT2D eigenvalue weighted by atomic mass is 9.84. The second kappa shape index (κ2) is 6.34. The average Bonchev–Trinajstić information content (AvgIpc) is 2.88. The van der Waals surface area contributed by atoms with E-state index in [1.165, 1.54) is 6.42 Å². The van der Waals surface area contributed by atoms with Gasteiger partial charge in [0.25, 0.3) is 0 Å². The molecule has 1 aliphatic carbocycles. The van der Waals surface area contributed by atoms with Crippen molar-refractivity contribution >= 4 is 11.9 Å². The summed E-state index contributed by atoms with van der Waals surface area (Å²) in [6.07, 6.45) is 7.35. The molecule has 0 radical (unpaired) electrons. The van der Waals surface area contributed by atoms with E-state index in [1.807, 2.05) is 0 Å². The molecule has 1 N–H and O–H groups in total. The van der Waals surface area contributed by atoms with Crippen molar-refractivity contribution < 1.29 is 19.4 Å². The first-order chi connectivity index (χ1) is 10.2. The van der Waals surface area contributed by atoms with Gasteiger partial charge in [-0.15, -0.1) is 0 Å². The average molecular weight is 295 g/mol. The zero-order chi connectivity index (χ0) is 14.8. The third-order valence-electron chi connectivity index (χ3n) is 5.47. The minimum Gasteiger partial charge on any atom is -0.480 e. The second-order valence-electron chi connectivity index (χ2n) is 6.76. The number of carbonyl (C=O) groups is 2. The summed E-state index contributed by atoms with van der Waals surface area (Å²) in [5.74, 6) is -0.00440. The molecular formula is C16H25NO4. The van der Waals surface area contributed by atoms with Crippen LogP contribution in [0.5, 0.6) is 0 Å². The van der Waals surface area contributed by atoms with Crippen molar-refractivity contribution in [2.24, 2.45) is 11.8 Å². The number of hydrogen-bond acceptors (Lipinski definition) is 3. The molecule has 1 amide bonds. The molecule has 2 saturated heterocycles. The number of carboxylic acids is 1. The summed E-state index contributed by atoms with van der Waals surface area (Å²) in [6.45, 7) is 1.46. The van der Waals surface area contributed by atoms with Gasteiger partial charge in [-0.3, -0.25) is 4.79 Å². The Bertz CT molecular complexity index is 405. The van der Waals surface area contributed by atoms with E-state index in [-0.39, 0.29) is 11.9 Å². The van der Waals surface area contributed by atoms with Gasteiger partial charge < -0.3 is 14.7 Å². The molecule has 0 aromatic heterocycles. The van der Waals surface area contributed by atoms with E-state index < -0.39 is 12.0 Å². The van der Waals surface area contributed by atoms with Crippen LogP contribution in [-0.2, 0) is 14.3 Å². The molecule has 0 spiro atoms. The van der Waals surface area contributed by atoms with Crippen LogP contribution in [-0.4, -0.2) is 47.2 Å². The van der Waals surface area contributed by atoms with Gasteiger partial charge in [0.2, 0.25) is 5.91 Å². The van der Waals surface area contributed by atoms with Crippen LogP contribution in [0.2, 0.25) is 0 Å². The summed E-state index contributed by atoms with van der Waals surface area (Å²) in [4.78, 5) is 26.0. The number of carboxylic acid groups (broad SMARTS) is 1. The number of ether oxygens (including phenoxy) is 1. The van der Waals surface area contributed by atoms with Gasteiger partial charge in [-0.25, -0.2) is 4.79 Å². The Labute approximate surface area is 125 Å². The molecule has 0 aromatic carbocycles. The fraction of sp³-hybridized carbons (Fsp3) is 0.875. The summed E-state index contributed by atoms with van der Waals surface area (Å²) in [7, 11) is 0. The van der Waals surface area contributed by atoms with E-state index >= 15 is 0 Å². The number of carbonyl (C=O) groups excluding carboxylic acids is 1. The Morgan fingerprint density at radius 1 is 1.10 bits per heavy atom. The highest BCUT2D eigenvalue weighted by Gasteiger charge is 2.47. The monoisotopic (exact) mass is 295 g/mol. The molecule has 0 aromatic rings. The maximum Gasteiger partial charge on any atom is 0.326 e. The molecule has 1 saturated carbocycles. The Morgan fingerprint density at radius 3 is 2.52 bits per heavy atom. The normalized spacial score (nSPS) is 33.7. The molecule has 21 heavy (non-hydrogen) atoms. The van der Waals surface area contributed by atoms with Gasteiger partial charge in [0.1, 0.15) is 6.04 Å². The first-order valence-corrected chi connectivity index (χ1v) is 8.28. The summed E-state index contributed by atoms with van der Waals surface area (Å²) >= 11 is 0. The molecule has 3 fully saturated rings. The summed E-state index contributed by atoms with van der Waals surface area (Å²) < 4.78 is 5.33. The Kier molecular flexibility index (Phi) is 4.48. The summed E-state index contributed by atoms with van der Waals surface area (Å²) in [5, 5.41) is 9.47. The lowest BCUT2D eigenvalue weighted by Gasteiger charge is -2.34. The first-order valence-electron chi connectivity index (χ1n) is 8.28. The van der Waals surface area contributed by atoms with Crippen LogP contribution in [0.25, 0.3) is 0 Å². The third-order valence-corrected chi connectivity index (χ3v) is 5.47. The topological polar surface area (TPSA) is 66.8 Å². The maximum atomic E-state index is 12.7. The van der Waals surface area contributed by atoms with Gasteiger partial charge in [-0.2, -0.15) is 0 Å². The van der Waals surface area contributed by atoms with Gasteiger partial charge in [-0.05, 0) is 43.9 Å². The largest absolute Gasteiger partial charge is 0.480 e. The van der Waals surface area contributed by atoms with Crippen molar-refractivity contribution in [3.05, 3.63) is 0 Å². The van der Waals surface area contributed by atoms with E-state index in [9.17, 15) is 14.7 Å². The highest BCUT2D eigenvalue weighted by Crippen LogP contribution is 2.40. The standard InChI is InChI=1S/C16H25NO4/c18-15(9-11-5-7-21-8-6-11)17-13-4-2-1-3-12(13)10-14(17)16(19)20/h11-14H,1-10H2,(H,19,20)/t12-,13+,14-/m0/s1. The van der Waals surface area contributed by atoms with Crippen molar-refractivity contribution in [1.82, 2.24) is 4.90 Å². The molecule has 3 atom stereocenters. The van der Waals surface area contributed by atoms with Crippen molar-refractivity contribution in [2.75, 3.05) is 13.2 Å². The molecule has 3 aliphatic rings. The molecule has 5 heteroatoms. The van der Waals surface area contributed by atoms with Crippen LogP contribution in [0.3, 0.4) is 0 Å². The quantitative estimate of drug-likeness (QED) is 0.865. The lowest BCUT2D eigenvalue weighted by Crippen LogP contribution is -2.46. The van der Waals surface area contributed by atoms with Crippen LogP contribution in [0.15, 0.2) is 0 Å². The molecule has 2 heterocycles. The maximum absolute atomic E-state index is 12.7. The van der Waals surface area contributed by atoms with Gasteiger partial charge >= 0.3 is 5.97 Å². The van der Waals surface area contributed by atoms with E-state index in [4.69, 9.17) is 4.74 Å². The number of fused-ring (bicyclic) bond motifs is 1. The van der Waals surface area contributed by atoms with Gasteiger partial charge in [0.15, 0.2) is 0 Å². The van der Waals surface area contributed by atoms with E-state index in [0.29, 0.717) is 24.7 Å². The van der Waals surface area contributed by atoms with E-state index in [2.05, 4.69) is 0 Å². The summed E-state index contributed by atoms with van der Waals surface area (Å²) in [5.41, 5.74) is 0. The molecule has 118 valence electrons. The van der Waals surface area contributed by atoms with Crippen molar-refractivity contribution in [3.63, 3.8) is 0 Å². The number of likely N-dealkylation sites (tertiary alicyclic amines) is 1. The second-order valence-corrected chi connectivity index (χ2v) is 6.76. The minimum absolute atomic E-state index is 0.0590. The Morgan fingerprint density at radius 2 is 1.81 bits per heavy atom. The van der Waals surface area contributed by atoms with Crippen molar-refractivity contribution in [2.45, 2.75) is 63.5 Å². The SMILES string of the molecule is O=C(O)[C@@H]1C[C@@H]2CCCC[C@H]2N1C(=O)CC1CCOCC1. The fourth-order valence-electron chi connectivity index (χ4n) is 4.34. The molecular weight excluding hydrogens is 270 g/mol. The Hall–Kier alpha value is -1.10. The number of amides is 1. The van der Waals surface area contributed by atoms with Crippen molar-refractivity contribution in [3.8, 4) is 0 Å². The van der Waals surface area contributed by atoms with Crippen molar-refractivity contribution in [1.29, 1.82) is 0 Å². The molecule has 5 nitrogen and oxygen atoms in total. The smallest absolute Gasteiger partial charge is 0.326 e. The zero-order valence-electron chi connectivity index (χ0n) is 12.5.